The van der Waals surface area contributed by atoms with E-state index in [1.165, 1.54) is 44.5 Å². The Morgan fingerprint density at radius 1 is 0.323 bits per heavy atom. The fourth-order valence-electron chi connectivity index (χ4n) is 9.75. The van der Waals surface area contributed by atoms with E-state index < -0.39 is 5.41 Å². The van der Waals surface area contributed by atoms with Gasteiger partial charge >= 0.3 is 0 Å². The van der Waals surface area contributed by atoms with Crippen molar-refractivity contribution in [1.29, 1.82) is 0 Å². The summed E-state index contributed by atoms with van der Waals surface area (Å²) in [5, 5.41) is 2.16. The summed E-state index contributed by atoms with van der Waals surface area (Å²) in [5.41, 5.74) is 18.3. The van der Waals surface area contributed by atoms with Crippen LogP contribution in [0.15, 0.2) is 235 Å². The number of para-hydroxylation sites is 1. The largest absolute Gasteiger partial charge is 0.456 e. The minimum Gasteiger partial charge on any atom is -0.456 e. The maximum Gasteiger partial charge on any atom is 0.160 e. The molecule has 0 aliphatic heterocycles. The van der Waals surface area contributed by atoms with Crippen molar-refractivity contribution in [2.45, 2.75) is 5.41 Å². The second kappa shape index (κ2) is 14.5. The zero-order valence-electron chi connectivity index (χ0n) is 33.7. The van der Waals surface area contributed by atoms with Crippen molar-refractivity contribution >= 4 is 21.9 Å². The fourth-order valence-corrected chi connectivity index (χ4v) is 9.75. The molecular weight excluding hydrogens is 753 g/mol. The first-order chi connectivity index (χ1) is 30.7. The zero-order valence-corrected chi connectivity index (χ0v) is 33.7. The van der Waals surface area contributed by atoms with Gasteiger partial charge in [-0.05, 0) is 92.0 Å². The Morgan fingerprint density at radius 2 is 0.887 bits per heavy atom. The topological polar surface area (TPSA) is 38.9 Å². The molecule has 9 aromatic carbocycles. The second-order valence-electron chi connectivity index (χ2n) is 16.1. The van der Waals surface area contributed by atoms with Crippen LogP contribution in [0.2, 0.25) is 0 Å². The molecule has 0 atom stereocenters. The number of furan rings is 1. The molecule has 62 heavy (non-hydrogen) atoms. The number of fused-ring (bicyclic) bond motifs is 6. The first kappa shape index (κ1) is 35.8. The van der Waals surface area contributed by atoms with E-state index in [4.69, 9.17) is 14.4 Å². The van der Waals surface area contributed by atoms with E-state index >= 15 is 0 Å². The van der Waals surface area contributed by atoms with Gasteiger partial charge in [-0.25, -0.2) is 9.97 Å². The third-order valence-corrected chi connectivity index (χ3v) is 12.6. The summed E-state index contributed by atoms with van der Waals surface area (Å²) in [5.74, 6) is 0.686. The third-order valence-electron chi connectivity index (χ3n) is 12.6. The molecule has 290 valence electrons. The molecule has 0 radical (unpaired) electrons. The molecule has 2 heterocycles. The SMILES string of the molecule is c1ccc(-c2nc(-c3ccc(-c4ccc5c(c4)C(c4ccccc4)(c4ccccc4)c4cccc(-c6ccccc6)c4-5)cc3)cc(-c3ccc4oc5ccccc5c4c3)n2)cc1. The van der Waals surface area contributed by atoms with Crippen molar-refractivity contribution in [2.24, 2.45) is 0 Å². The number of rotatable bonds is 7. The van der Waals surface area contributed by atoms with Gasteiger partial charge in [0.2, 0.25) is 0 Å². The molecule has 0 saturated carbocycles. The number of hydrogen-bond donors (Lipinski definition) is 0. The highest BCUT2D eigenvalue weighted by atomic mass is 16.3. The summed E-state index contributed by atoms with van der Waals surface area (Å²) in [6.45, 7) is 0. The first-order valence-corrected chi connectivity index (χ1v) is 21.1. The lowest BCUT2D eigenvalue weighted by Gasteiger charge is -2.34. The van der Waals surface area contributed by atoms with Crippen LogP contribution in [-0.4, -0.2) is 9.97 Å². The Labute approximate surface area is 360 Å². The van der Waals surface area contributed by atoms with Gasteiger partial charge < -0.3 is 4.42 Å². The van der Waals surface area contributed by atoms with Gasteiger partial charge in [-0.1, -0.05) is 194 Å². The molecule has 0 saturated heterocycles. The lowest BCUT2D eigenvalue weighted by Crippen LogP contribution is -2.28. The molecule has 3 heteroatoms. The summed E-state index contributed by atoms with van der Waals surface area (Å²) in [7, 11) is 0. The standard InChI is InChI=1S/C59H38N2O/c1-5-16-40(17-6-1)47-25-15-26-51-57(47)49-34-32-43(37-52(49)59(51,45-20-9-3-10-21-45)46-22-11-4-12-23-46)39-28-30-41(31-29-39)53-38-54(61-58(60-53)42-18-7-2-8-19-42)44-33-35-56-50(36-44)48-24-13-14-27-55(48)62-56/h1-38H. The molecule has 0 bridgehead atoms. The van der Waals surface area contributed by atoms with Crippen LogP contribution in [0, 0.1) is 0 Å². The summed E-state index contributed by atoms with van der Waals surface area (Å²) in [6.07, 6.45) is 0. The molecule has 0 spiro atoms. The predicted octanol–water partition coefficient (Wildman–Crippen LogP) is 15.1. The minimum absolute atomic E-state index is 0.523. The summed E-state index contributed by atoms with van der Waals surface area (Å²) in [4.78, 5) is 10.3. The molecule has 2 aromatic heterocycles. The number of aromatic nitrogens is 2. The molecule has 0 fully saturated rings. The summed E-state index contributed by atoms with van der Waals surface area (Å²) < 4.78 is 6.16. The van der Waals surface area contributed by atoms with Crippen LogP contribution < -0.4 is 0 Å². The van der Waals surface area contributed by atoms with Crippen molar-refractivity contribution in [1.82, 2.24) is 9.97 Å². The Kier molecular flexibility index (Phi) is 8.39. The highest BCUT2D eigenvalue weighted by molar-refractivity contribution is 6.06. The molecule has 11 aromatic rings. The van der Waals surface area contributed by atoms with Crippen molar-refractivity contribution in [2.75, 3.05) is 0 Å². The van der Waals surface area contributed by atoms with Crippen molar-refractivity contribution in [3.05, 3.63) is 253 Å². The summed E-state index contributed by atoms with van der Waals surface area (Å²) in [6, 6.07) is 82.4. The summed E-state index contributed by atoms with van der Waals surface area (Å²) >= 11 is 0. The van der Waals surface area contributed by atoms with Gasteiger partial charge in [-0.15, -0.1) is 0 Å². The molecule has 0 N–H and O–H groups in total. The maximum absolute atomic E-state index is 6.16. The van der Waals surface area contributed by atoms with E-state index in [9.17, 15) is 0 Å². The molecule has 1 aliphatic carbocycles. The zero-order chi connectivity index (χ0) is 41.0. The molecule has 3 nitrogen and oxygen atoms in total. The van der Waals surface area contributed by atoms with Crippen molar-refractivity contribution in [3.63, 3.8) is 0 Å². The van der Waals surface area contributed by atoms with Crippen LogP contribution >= 0.6 is 0 Å². The Bertz CT molecular complexity index is 3390. The Morgan fingerprint density at radius 3 is 1.60 bits per heavy atom. The molecular formula is C59H38N2O. The highest BCUT2D eigenvalue weighted by Crippen LogP contribution is 2.59. The molecule has 12 rings (SSSR count). The van der Waals surface area contributed by atoms with Crippen LogP contribution in [-0.2, 0) is 5.41 Å². The van der Waals surface area contributed by atoms with E-state index in [1.54, 1.807) is 0 Å². The highest BCUT2D eigenvalue weighted by Gasteiger charge is 2.47. The number of benzene rings is 9. The van der Waals surface area contributed by atoms with Crippen molar-refractivity contribution < 1.29 is 4.42 Å². The van der Waals surface area contributed by atoms with Gasteiger partial charge in [0.25, 0.3) is 0 Å². The lowest BCUT2D eigenvalue weighted by molar-refractivity contribution is 0.669. The van der Waals surface area contributed by atoms with Crippen LogP contribution in [0.1, 0.15) is 22.3 Å². The van der Waals surface area contributed by atoms with Crippen LogP contribution in [0.3, 0.4) is 0 Å². The average molecular weight is 791 g/mol. The fraction of sp³-hybridized carbons (Fsp3) is 0.0169. The smallest absolute Gasteiger partial charge is 0.160 e. The molecule has 1 aliphatic rings. The van der Waals surface area contributed by atoms with E-state index in [1.807, 2.05) is 36.4 Å². The van der Waals surface area contributed by atoms with Gasteiger partial charge in [0, 0.05) is 27.5 Å². The quantitative estimate of drug-likeness (QED) is 0.161. The van der Waals surface area contributed by atoms with E-state index in [0.717, 1.165) is 61.1 Å². The third kappa shape index (κ3) is 5.74. The van der Waals surface area contributed by atoms with E-state index in [2.05, 4.69) is 194 Å². The molecule has 0 unspecified atom stereocenters. The van der Waals surface area contributed by atoms with Crippen LogP contribution in [0.25, 0.3) is 89.2 Å². The monoisotopic (exact) mass is 790 g/mol. The maximum atomic E-state index is 6.16. The van der Waals surface area contributed by atoms with E-state index in [-0.39, 0.29) is 0 Å². The second-order valence-corrected chi connectivity index (χ2v) is 16.1. The van der Waals surface area contributed by atoms with Gasteiger partial charge in [0.15, 0.2) is 5.82 Å². The van der Waals surface area contributed by atoms with Gasteiger partial charge in [-0.3, -0.25) is 0 Å². The lowest BCUT2D eigenvalue weighted by atomic mass is 9.67. The predicted molar refractivity (Wildman–Crippen MR) is 254 cm³/mol. The number of hydrogen-bond acceptors (Lipinski definition) is 3. The first-order valence-electron chi connectivity index (χ1n) is 21.1. The van der Waals surface area contributed by atoms with Crippen LogP contribution in [0.5, 0.6) is 0 Å². The van der Waals surface area contributed by atoms with Crippen LogP contribution in [0.4, 0.5) is 0 Å². The van der Waals surface area contributed by atoms with Gasteiger partial charge in [0.05, 0.1) is 16.8 Å². The van der Waals surface area contributed by atoms with Gasteiger partial charge in [0.1, 0.15) is 11.2 Å². The average Bonchev–Trinajstić information content (AvgIpc) is 3.88. The Balaban J connectivity index is 1.000. The van der Waals surface area contributed by atoms with Crippen molar-refractivity contribution in [3.8, 4) is 67.3 Å². The molecule has 0 amide bonds. The number of nitrogens with zero attached hydrogens (tertiary/aromatic N) is 2. The Hall–Kier alpha value is -8.14. The van der Waals surface area contributed by atoms with E-state index in [0.29, 0.717) is 5.82 Å². The normalized spacial score (nSPS) is 12.6. The minimum atomic E-state index is -0.523. The van der Waals surface area contributed by atoms with Gasteiger partial charge in [-0.2, -0.15) is 0 Å².